The first-order valence-corrected chi connectivity index (χ1v) is 8.24. The Balaban J connectivity index is 4.62. The Morgan fingerprint density at radius 3 is 2.00 bits per heavy atom. The van der Waals surface area contributed by atoms with E-state index in [9.17, 15) is 24.0 Å². The Hall–Kier alpha value is -1.99. The van der Waals surface area contributed by atoms with E-state index in [-0.39, 0.29) is 11.5 Å². The summed E-state index contributed by atoms with van der Waals surface area (Å²) in [4.78, 5) is 56.9. The summed E-state index contributed by atoms with van der Waals surface area (Å²) >= 11 is 7.74. The fourth-order valence-electron chi connectivity index (χ4n) is 1.49. The average Bonchev–Trinajstić information content (AvgIpc) is 2.55. The monoisotopic (exact) mass is 395 g/mol. The molecular weight excluding hydrogens is 374 g/mol. The molecule has 0 aliphatic carbocycles. The molecular formula is C12H21N5O6S2. The van der Waals surface area contributed by atoms with Crippen LogP contribution in [0.4, 0.5) is 0 Å². The summed E-state index contributed by atoms with van der Waals surface area (Å²) in [6.45, 7) is -0.443. The van der Waals surface area contributed by atoms with Gasteiger partial charge < -0.3 is 32.5 Å². The van der Waals surface area contributed by atoms with Gasteiger partial charge in [-0.2, -0.15) is 25.3 Å². The van der Waals surface area contributed by atoms with E-state index >= 15 is 0 Å². The number of carboxylic acids is 1. The second-order valence-corrected chi connectivity index (χ2v) is 5.61. The van der Waals surface area contributed by atoms with Gasteiger partial charge in [0.15, 0.2) is 0 Å². The van der Waals surface area contributed by atoms with Crippen LogP contribution in [0.2, 0.25) is 0 Å². The van der Waals surface area contributed by atoms with Gasteiger partial charge in [-0.15, -0.1) is 0 Å². The lowest BCUT2D eigenvalue weighted by atomic mass is 10.2. The highest BCUT2D eigenvalue weighted by Crippen LogP contribution is 1.96. The largest absolute Gasteiger partial charge is 0.480 e. The topological polar surface area (TPSA) is 194 Å². The van der Waals surface area contributed by atoms with Crippen LogP contribution in [0.1, 0.15) is 6.42 Å². The minimum Gasteiger partial charge on any atom is -0.480 e. The second kappa shape index (κ2) is 11.5. The van der Waals surface area contributed by atoms with Crippen LogP contribution in [0.25, 0.3) is 0 Å². The Bertz CT molecular complexity index is 532. The number of thiol groups is 2. The molecule has 8 N–H and O–H groups in total. The van der Waals surface area contributed by atoms with E-state index in [0.29, 0.717) is 0 Å². The van der Waals surface area contributed by atoms with E-state index in [2.05, 4.69) is 41.2 Å². The molecule has 0 heterocycles. The van der Waals surface area contributed by atoms with Crippen molar-refractivity contribution in [2.75, 3.05) is 18.1 Å². The maximum Gasteiger partial charge on any atom is 0.326 e. The zero-order valence-corrected chi connectivity index (χ0v) is 14.9. The van der Waals surface area contributed by atoms with E-state index in [0.717, 1.165) is 0 Å². The van der Waals surface area contributed by atoms with Gasteiger partial charge in [-0.3, -0.25) is 19.2 Å². The summed E-state index contributed by atoms with van der Waals surface area (Å²) in [5, 5.41) is 15.5. The number of rotatable bonds is 11. The molecule has 0 radical (unpaired) electrons. The highest BCUT2D eigenvalue weighted by atomic mass is 32.1. The number of carbonyl (C=O) groups is 5. The maximum atomic E-state index is 12.0. The number of nitrogens with one attached hydrogen (secondary N) is 3. The number of amides is 4. The molecule has 0 saturated heterocycles. The maximum absolute atomic E-state index is 12.0. The minimum absolute atomic E-state index is 0.0889. The molecule has 3 unspecified atom stereocenters. The van der Waals surface area contributed by atoms with Gasteiger partial charge in [-0.25, -0.2) is 4.79 Å². The molecule has 142 valence electrons. The smallest absolute Gasteiger partial charge is 0.326 e. The first-order chi connectivity index (χ1) is 11.6. The number of hydrogen-bond donors (Lipinski definition) is 8. The standard InChI is InChI=1S/C12H21N5O6S2/c13-5(3-24)10(20)15-2-9(19)16-7(4-25)11(21)17-6(12(22)23)1-8(14)18/h5-7,24-25H,1-4,13H2,(H2,14,18)(H,15,20)(H,16,19)(H,17,21)(H,22,23). The van der Waals surface area contributed by atoms with Gasteiger partial charge >= 0.3 is 5.97 Å². The lowest BCUT2D eigenvalue weighted by Gasteiger charge is -2.19. The molecule has 0 aromatic rings. The zero-order chi connectivity index (χ0) is 19.6. The second-order valence-electron chi connectivity index (χ2n) is 4.88. The van der Waals surface area contributed by atoms with Crippen LogP contribution in [0, 0.1) is 0 Å². The van der Waals surface area contributed by atoms with Crippen molar-refractivity contribution in [3.05, 3.63) is 0 Å². The van der Waals surface area contributed by atoms with E-state index in [1.54, 1.807) is 0 Å². The van der Waals surface area contributed by atoms with Crippen molar-refractivity contribution in [3.8, 4) is 0 Å². The van der Waals surface area contributed by atoms with Crippen molar-refractivity contribution in [2.24, 2.45) is 11.5 Å². The van der Waals surface area contributed by atoms with Crippen LogP contribution in [-0.4, -0.2) is 70.9 Å². The van der Waals surface area contributed by atoms with Crippen LogP contribution in [0.5, 0.6) is 0 Å². The summed E-state index contributed by atoms with van der Waals surface area (Å²) in [5.41, 5.74) is 10.3. The number of aliphatic carboxylic acids is 1. The van der Waals surface area contributed by atoms with Crippen molar-refractivity contribution >= 4 is 54.9 Å². The van der Waals surface area contributed by atoms with Gasteiger partial charge in [0.05, 0.1) is 19.0 Å². The lowest BCUT2D eigenvalue weighted by molar-refractivity contribution is -0.143. The molecule has 11 nitrogen and oxygen atoms in total. The SMILES string of the molecule is NC(=O)CC(NC(=O)C(CS)NC(=O)CNC(=O)C(N)CS)C(=O)O. The first kappa shape index (κ1) is 23.0. The van der Waals surface area contributed by atoms with Crippen LogP contribution in [-0.2, 0) is 24.0 Å². The van der Waals surface area contributed by atoms with E-state index in [4.69, 9.17) is 16.6 Å². The van der Waals surface area contributed by atoms with Crippen molar-refractivity contribution in [1.82, 2.24) is 16.0 Å². The number of carbonyl (C=O) groups excluding carboxylic acids is 4. The Morgan fingerprint density at radius 2 is 1.56 bits per heavy atom. The number of nitrogens with two attached hydrogens (primary N) is 2. The third-order valence-corrected chi connectivity index (χ3v) is 3.57. The molecule has 0 aromatic heterocycles. The van der Waals surface area contributed by atoms with Crippen molar-refractivity contribution in [3.63, 3.8) is 0 Å². The fraction of sp³-hybridized carbons (Fsp3) is 0.583. The third-order valence-electron chi connectivity index (χ3n) is 2.81. The molecule has 0 fully saturated rings. The molecule has 13 heteroatoms. The van der Waals surface area contributed by atoms with Gasteiger partial charge in [-0.1, -0.05) is 0 Å². The van der Waals surface area contributed by atoms with Gasteiger partial charge in [0.2, 0.25) is 23.6 Å². The summed E-state index contributed by atoms with van der Waals surface area (Å²) in [6, 6.07) is -3.59. The van der Waals surface area contributed by atoms with Gasteiger partial charge in [0.25, 0.3) is 0 Å². The van der Waals surface area contributed by atoms with Gasteiger partial charge in [-0.05, 0) is 0 Å². The molecule has 3 atom stereocenters. The molecule has 0 aromatic carbocycles. The Kier molecular flexibility index (Phi) is 10.6. The van der Waals surface area contributed by atoms with Crippen molar-refractivity contribution in [1.29, 1.82) is 0 Å². The Morgan fingerprint density at radius 1 is 0.960 bits per heavy atom. The molecule has 0 saturated carbocycles. The van der Waals surface area contributed by atoms with Crippen LogP contribution < -0.4 is 27.4 Å². The van der Waals surface area contributed by atoms with Crippen molar-refractivity contribution < 1.29 is 29.1 Å². The molecule has 0 aliphatic heterocycles. The molecule has 0 spiro atoms. The number of hydrogen-bond acceptors (Lipinski definition) is 8. The average molecular weight is 395 g/mol. The molecule has 4 amide bonds. The van der Waals surface area contributed by atoms with Crippen LogP contribution >= 0.6 is 25.3 Å². The van der Waals surface area contributed by atoms with Gasteiger partial charge in [0, 0.05) is 11.5 Å². The molecule has 0 rings (SSSR count). The number of carboxylic acid groups (broad SMARTS) is 1. The minimum atomic E-state index is -1.53. The van der Waals surface area contributed by atoms with Crippen molar-refractivity contribution in [2.45, 2.75) is 24.5 Å². The summed E-state index contributed by atoms with van der Waals surface area (Å²) in [7, 11) is 0. The fourth-order valence-corrected chi connectivity index (χ4v) is 1.92. The third kappa shape index (κ3) is 9.16. The predicted octanol–water partition coefficient (Wildman–Crippen LogP) is -3.78. The summed E-state index contributed by atoms with van der Waals surface area (Å²) in [6.07, 6.45) is -0.605. The van der Waals surface area contributed by atoms with Crippen LogP contribution in [0.3, 0.4) is 0 Å². The highest BCUT2D eigenvalue weighted by molar-refractivity contribution is 7.80. The van der Waals surface area contributed by atoms with E-state index < -0.39 is 60.7 Å². The molecule has 25 heavy (non-hydrogen) atoms. The predicted molar refractivity (Wildman–Crippen MR) is 94.0 cm³/mol. The summed E-state index contributed by atoms with van der Waals surface area (Å²) in [5.74, 6) is -4.60. The lowest BCUT2D eigenvalue weighted by Crippen LogP contribution is -2.55. The molecule has 0 aliphatic rings. The first-order valence-electron chi connectivity index (χ1n) is 6.98. The normalized spacial score (nSPS) is 13.9. The zero-order valence-electron chi connectivity index (χ0n) is 13.1. The quantitative estimate of drug-likeness (QED) is 0.164. The van der Waals surface area contributed by atoms with Gasteiger partial charge in [0.1, 0.15) is 12.1 Å². The van der Waals surface area contributed by atoms with Crippen LogP contribution in [0.15, 0.2) is 0 Å². The molecule has 0 bridgehead atoms. The summed E-state index contributed by atoms with van der Waals surface area (Å²) < 4.78 is 0. The Labute approximate surface area is 154 Å². The number of primary amides is 1. The van der Waals surface area contributed by atoms with E-state index in [1.807, 2.05) is 0 Å². The van der Waals surface area contributed by atoms with E-state index in [1.165, 1.54) is 0 Å². The highest BCUT2D eigenvalue weighted by Gasteiger charge is 2.27.